The molecule has 0 aliphatic carbocycles. The van der Waals surface area contributed by atoms with Crippen LogP contribution in [0.5, 0.6) is 11.5 Å². The molecule has 0 fully saturated rings. The predicted molar refractivity (Wildman–Crippen MR) is 93.7 cm³/mol. The first-order valence-electron chi connectivity index (χ1n) is 7.95. The number of unbranched alkanes of at least 4 members (excludes halogenated alkanes) is 1. The normalized spacial score (nSPS) is 10.9. The van der Waals surface area contributed by atoms with Crippen LogP contribution in [0, 0.1) is 11.3 Å². The van der Waals surface area contributed by atoms with Crippen molar-refractivity contribution in [2.45, 2.75) is 19.3 Å². The van der Waals surface area contributed by atoms with E-state index in [1.165, 1.54) is 29.8 Å². The number of esters is 1. The number of carbonyl (C=O) groups is 1. The molecule has 0 saturated carbocycles. The number of hydrogen-bond donors (Lipinski definition) is 2. The van der Waals surface area contributed by atoms with E-state index in [-0.39, 0.29) is 23.7 Å². The molecule has 2 rings (SSSR count). The minimum Gasteiger partial charge on any atom is -0.504 e. The minimum atomic E-state index is -0.699. The van der Waals surface area contributed by atoms with Gasteiger partial charge in [-0.3, -0.25) is 0 Å². The standard InChI is InChI=1S/C20H19NO4/c21-14-17(12-16-9-10-18(22)19(23)13-16)20(24)25-11-5-4-8-15-6-2-1-3-7-15/h1-3,6-7,9-10,12-13,22-23H,4-5,8,11H2. The average molecular weight is 337 g/mol. The van der Waals surface area contributed by atoms with Gasteiger partial charge in [0.15, 0.2) is 11.5 Å². The molecular formula is C20H19NO4. The van der Waals surface area contributed by atoms with Gasteiger partial charge in [-0.15, -0.1) is 0 Å². The van der Waals surface area contributed by atoms with Crippen LogP contribution in [-0.4, -0.2) is 22.8 Å². The summed E-state index contributed by atoms with van der Waals surface area (Å²) in [6, 6.07) is 15.9. The maximum Gasteiger partial charge on any atom is 0.348 e. The maximum absolute atomic E-state index is 11.9. The number of hydrogen-bond acceptors (Lipinski definition) is 5. The van der Waals surface area contributed by atoms with Gasteiger partial charge in [-0.1, -0.05) is 36.4 Å². The molecule has 0 aliphatic rings. The monoisotopic (exact) mass is 337 g/mol. The number of nitrogens with zero attached hydrogens (tertiary/aromatic N) is 1. The van der Waals surface area contributed by atoms with Crippen molar-refractivity contribution in [2.75, 3.05) is 6.61 Å². The maximum atomic E-state index is 11.9. The van der Waals surface area contributed by atoms with Crippen LogP contribution in [0.4, 0.5) is 0 Å². The minimum absolute atomic E-state index is 0.159. The van der Waals surface area contributed by atoms with Crippen LogP contribution in [0.2, 0.25) is 0 Å². The van der Waals surface area contributed by atoms with Gasteiger partial charge in [0.25, 0.3) is 0 Å². The fourth-order valence-electron chi connectivity index (χ4n) is 2.25. The summed E-state index contributed by atoms with van der Waals surface area (Å²) in [6.07, 6.45) is 3.81. The number of phenolic OH excluding ortho intramolecular Hbond substituents is 2. The van der Waals surface area contributed by atoms with Gasteiger partial charge >= 0.3 is 5.97 Å². The Hall–Kier alpha value is -3.26. The van der Waals surface area contributed by atoms with Crippen molar-refractivity contribution >= 4 is 12.0 Å². The summed E-state index contributed by atoms with van der Waals surface area (Å²) in [6.45, 7) is 0.242. The number of rotatable bonds is 7. The second-order valence-corrected chi connectivity index (χ2v) is 5.50. The molecule has 0 spiro atoms. The van der Waals surface area contributed by atoms with Gasteiger partial charge in [-0.2, -0.15) is 5.26 Å². The molecule has 0 amide bonds. The lowest BCUT2D eigenvalue weighted by Gasteiger charge is -2.05. The first-order valence-corrected chi connectivity index (χ1v) is 7.95. The highest BCUT2D eigenvalue weighted by Crippen LogP contribution is 2.26. The topological polar surface area (TPSA) is 90.5 Å². The number of benzene rings is 2. The molecule has 0 saturated heterocycles. The molecule has 25 heavy (non-hydrogen) atoms. The second kappa shape index (κ2) is 9.14. The van der Waals surface area contributed by atoms with Gasteiger partial charge in [0.05, 0.1) is 6.61 Å². The van der Waals surface area contributed by atoms with Crippen LogP contribution in [-0.2, 0) is 16.0 Å². The fourth-order valence-corrected chi connectivity index (χ4v) is 2.25. The number of carbonyl (C=O) groups excluding carboxylic acids is 1. The summed E-state index contributed by atoms with van der Waals surface area (Å²) < 4.78 is 5.12. The third kappa shape index (κ3) is 5.70. The van der Waals surface area contributed by atoms with Gasteiger partial charge in [0.2, 0.25) is 0 Å². The molecule has 2 aromatic carbocycles. The SMILES string of the molecule is N#CC(=Cc1ccc(O)c(O)c1)C(=O)OCCCCc1ccccc1. The smallest absolute Gasteiger partial charge is 0.348 e. The van der Waals surface area contributed by atoms with E-state index in [9.17, 15) is 15.0 Å². The molecule has 0 aromatic heterocycles. The van der Waals surface area contributed by atoms with E-state index in [1.54, 1.807) is 6.07 Å². The second-order valence-electron chi connectivity index (χ2n) is 5.50. The van der Waals surface area contributed by atoms with Gasteiger partial charge in [-0.25, -0.2) is 4.79 Å². The molecule has 0 unspecified atom stereocenters. The zero-order valence-electron chi connectivity index (χ0n) is 13.7. The molecule has 0 bridgehead atoms. The number of aryl methyl sites for hydroxylation is 1. The van der Waals surface area contributed by atoms with Crippen molar-refractivity contribution in [1.82, 2.24) is 0 Å². The van der Waals surface area contributed by atoms with Crippen molar-refractivity contribution < 1.29 is 19.7 Å². The highest BCUT2D eigenvalue weighted by Gasteiger charge is 2.11. The lowest BCUT2D eigenvalue weighted by atomic mass is 10.1. The van der Waals surface area contributed by atoms with E-state index in [2.05, 4.69) is 12.1 Å². The molecule has 0 radical (unpaired) electrons. The van der Waals surface area contributed by atoms with Crippen LogP contribution in [0.1, 0.15) is 24.0 Å². The Morgan fingerprint density at radius 1 is 1.08 bits per heavy atom. The molecule has 0 atom stereocenters. The largest absolute Gasteiger partial charge is 0.504 e. The summed E-state index contributed by atoms with van der Waals surface area (Å²) in [5, 5.41) is 27.8. The van der Waals surface area contributed by atoms with Crippen molar-refractivity contribution in [3.05, 3.63) is 65.2 Å². The Morgan fingerprint density at radius 3 is 2.52 bits per heavy atom. The number of nitriles is 1. The Kier molecular flexibility index (Phi) is 6.61. The van der Waals surface area contributed by atoms with Crippen molar-refractivity contribution in [1.29, 1.82) is 5.26 Å². The zero-order valence-corrected chi connectivity index (χ0v) is 13.7. The average Bonchev–Trinajstić information content (AvgIpc) is 2.63. The van der Waals surface area contributed by atoms with Gasteiger partial charge in [0, 0.05) is 0 Å². The molecule has 5 heteroatoms. The van der Waals surface area contributed by atoms with Crippen molar-refractivity contribution in [3.63, 3.8) is 0 Å². The molecule has 2 aromatic rings. The quantitative estimate of drug-likeness (QED) is 0.265. The highest BCUT2D eigenvalue weighted by molar-refractivity contribution is 5.97. The van der Waals surface area contributed by atoms with Crippen LogP contribution >= 0.6 is 0 Å². The van der Waals surface area contributed by atoms with E-state index in [4.69, 9.17) is 10.00 Å². The first-order chi connectivity index (χ1) is 12.1. The molecule has 0 aliphatic heterocycles. The van der Waals surface area contributed by atoms with Gasteiger partial charge in [0.1, 0.15) is 11.6 Å². The van der Waals surface area contributed by atoms with Crippen LogP contribution < -0.4 is 0 Å². The molecule has 0 heterocycles. The third-order valence-electron chi connectivity index (χ3n) is 3.59. The van der Waals surface area contributed by atoms with Crippen LogP contribution in [0.25, 0.3) is 6.08 Å². The van der Waals surface area contributed by atoms with E-state index < -0.39 is 5.97 Å². The van der Waals surface area contributed by atoms with E-state index in [0.717, 1.165) is 12.8 Å². The summed E-state index contributed by atoms with van der Waals surface area (Å²) in [5.41, 5.74) is 1.50. The lowest BCUT2D eigenvalue weighted by molar-refractivity contribution is -0.138. The Bertz CT molecular complexity index is 791. The predicted octanol–water partition coefficient (Wildman–Crippen LogP) is 3.57. The summed E-state index contributed by atoms with van der Waals surface area (Å²) in [5.74, 6) is -1.29. The Morgan fingerprint density at radius 2 is 1.84 bits per heavy atom. The highest BCUT2D eigenvalue weighted by atomic mass is 16.5. The van der Waals surface area contributed by atoms with Crippen LogP contribution in [0.3, 0.4) is 0 Å². The fraction of sp³-hybridized carbons (Fsp3) is 0.200. The van der Waals surface area contributed by atoms with Gasteiger partial charge < -0.3 is 14.9 Å². The Balaban J connectivity index is 1.82. The number of ether oxygens (including phenoxy) is 1. The molecule has 128 valence electrons. The molecule has 5 nitrogen and oxygen atoms in total. The van der Waals surface area contributed by atoms with Crippen molar-refractivity contribution in [2.24, 2.45) is 0 Å². The summed E-state index contributed by atoms with van der Waals surface area (Å²) in [7, 11) is 0. The number of aromatic hydroxyl groups is 2. The van der Waals surface area contributed by atoms with E-state index in [1.807, 2.05) is 18.2 Å². The summed E-state index contributed by atoms with van der Waals surface area (Å²) in [4.78, 5) is 11.9. The lowest BCUT2D eigenvalue weighted by Crippen LogP contribution is -2.08. The first kappa shape index (κ1) is 18.1. The zero-order chi connectivity index (χ0) is 18.1. The summed E-state index contributed by atoms with van der Waals surface area (Å²) >= 11 is 0. The molecular weight excluding hydrogens is 318 g/mol. The Labute approximate surface area is 146 Å². The molecule has 2 N–H and O–H groups in total. The van der Waals surface area contributed by atoms with E-state index in [0.29, 0.717) is 12.0 Å². The number of phenols is 2. The van der Waals surface area contributed by atoms with Crippen molar-refractivity contribution in [3.8, 4) is 17.6 Å². The van der Waals surface area contributed by atoms with Crippen LogP contribution in [0.15, 0.2) is 54.1 Å². The van der Waals surface area contributed by atoms with Gasteiger partial charge in [-0.05, 0) is 48.6 Å². The van der Waals surface area contributed by atoms with E-state index >= 15 is 0 Å². The third-order valence-corrected chi connectivity index (χ3v) is 3.59.